The summed E-state index contributed by atoms with van der Waals surface area (Å²) in [5, 5.41) is 32.6. The highest BCUT2D eigenvalue weighted by atomic mass is 16.6. The van der Waals surface area contributed by atoms with Gasteiger partial charge in [0.15, 0.2) is 5.78 Å². The smallest absolute Gasteiger partial charge is 0.323 e. The van der Waals surface area contributed by atoms with Crippen LogP contribution in [-0.2, 0) is 52.3 Å². The van der Waals surface area contributed by atoms with Crippen LogP contribution in [0.1, 0.15) is 126 Å². The van der Waals surface area contributed by atoms with Crippen molar-refractivity contribution < 1.29 is 67.7 Å². The Balaban J connectivity index is 1.62. The predicted octanol–water partition coefficient (Wildman–Crippen LogP) is 6.64. The molecule has 1 unspecified atom stereocenters. The van der Waals surface area contributed by atoms with Crippen LogP contribution in [0.4, 0.5) is 0 Å². The Bertz CT molecular complexity index is 1760. The number of piperidine rings is 1. The number of ether oxygens (including phenoxy) is 7. The molecule has 0 amide bonds. The lowest BCUT2D eigenvalue weighted by atomic mass is 9.78. The summed E-state index contributed by atoms with van der Waals surface area (Å²) in [7, 11) is 4.68. The molecular formula is C54H87NO14. The number of methoxy groups -OCH3 is 3. The van der Waals surface area contributed by atoms with E-state index in [1.807, 2.05) is 63.0 Å². The van der Waals surface area contributed by atoms with Gasteiger partial charge in [-0.1, -0.05) is 77.5 Å². The van der Waals surface area contributed by atoms with Gasteiger partial charge in [-0.05, 0) is 101 Å². The van der Waals surface area contributed by atoms with E-state index >= 15 is 0 Å². The van der Waals surface area contributed by atoms with Gasteiger partial charge in [-0.3, -0.25) is 24.1 Å². The van der Waals surface area contributed by atoms with E-state index < -0.39 is 72.4 Å². The third-order valence-corrected chi connectivity index (χ3v) is 15.1. The summed E-state index contributed by atoms with van der Waals surface area (Å²) >= 11 is 0. The van der Waals surface area contributed by atoms with Crippen LogP contribution in [-0.4, -0.2) is 153 Å². The van der Waals surface area contributed by atoms with Crippen molar-refractivity contribution in [3.05, 3.63) is 47.6 Å². The monoisotopic (exact) mass is 974 g/mol. The topological polar surface area (TPSA) is 197 Å². The molecule has 0 aromatic carbocycles. The molecule has 4 aliphatic rings. The molecule has 3 aliphatic heterocycles. The molecule has 392 valence electrons. The number of allylic oxidation sites excluding steroid dienone is 6. The Hall–Kier alpha value is -2.96. The summed E-state index contributed by atoms with van der Waals surface area (Å²) in [6.45, 7) is 13.2. The largest absolute Gasteiger partial charge is 0.460 e. The van der Waals surface area contributed by atoms with Crippen molar-refractivity contribution in [2.45, 2.75) is 180 Å². The molecular weight excluding hydrogens is 887 g/mol. The zero-order valence-corrected chi connectivity index (χ0v) is 43.3. The minimum absolute atomic E-state index is 0.0320. The molecule has 15 atom stereocenters. The van der Waals surface area contributed by atoms with Crippen LogP contribution in [0.5, 0.6) is 0 Å². The average molecular weight is 974 g/mol. The Labute approximate surface area is 412 Å². The second kappa shape index (κ2) is 28.9. The van der Waals surface area contributed by atoms with Crippen LogP contribution in [0.25, 0.3) is 0 Å². The summed E-state index contributed by atoms with van der Waals surface area (Å²) in [4.78, 5) is 57.9. The number of hydrogen-bond acceptors (Lipinski definition) is 15. The second-order valence-corrected chi connectivity index (χ2v) is 20.5. The van der Waals surface area contributed by atoms with E-state index in [0.717, 1.165) is 31.3 Å². The number of aliphatic hydroxyl groups is 3. The second-order valence-electron chi connectivity index (χ2n) is 20.5. The van der Waals surface area contributed by atoms with Crippen LogP contribution in [0.3, 0.4) is 0 Å². The van der Waals surface area contributed by atoms with E-state index in [1.54, 1.807) is 41.1 Å². The molecule has 3 fully saturated rings. The number of aliphatic hydroxyl groups excluding tert-OH is 2. The first-order valence-corrected chi connectivity index (χ1v) is 25.6. The molecule has 0 aromatic rings. The normalized spacial score (nSPS) is 38.6. The zero-order chi connectivity index (χ0) is 50.8. The van der Waals surface area contributed by atoms with Crippen LogP contribution in [0.15, 0.2) is 47.6 Å². The number of ketones is 3. The van der Waals surface area contributed by atoms with E-state index in [0.29, 0.717) is 57.1 Å². The van der Waals surface area contributed by atoms with Crippen molar-refractivity contribution in [1.82, 2.24) is 4.90 Å². The van der Waals surface area contributed by atoms with E-state index in [-0.39, 0.29) is 74.0 Å². The molecule has 3 heterocycles. The van der Waals surface area contributed by atoms with Gasteiger partial charge in [0, 0.05) is 58.5 Å². The highest BCUT2D eigenvalue weighted by molar-refractivity contribution is 5.87. The molecule has 1 aliphatic carbocycles. The summed E-state index contributed by atoms with van der Waals surface area (Å²) in [5.41, 5.74) is 1.37. The Morgan fingerprint density at radius 2 is 1.62 bits per heavy atom. The Morgan fingerprint density at radius 1 is 0.870 bits per heavy atom. The number of esters is 1. The van der Waals surface area contributed by atoms with E-state index in [2.05, 4.69) is 0 Å². The Morgan fingerprint density at radius 3 is 2.32 bits per heavy atom. The first-order valence-electron chi connectivity index (χ1n) is 25.6. The van der Waals surface area contributed by atoms with Gasteiger partial charge in [0.25, 0.3) is 0 Å². The van der Waals surface area contributed by atoms with E-state index in [1.165, 1.54) is 7.11 Å². The highest BCUT2D eigenvalue weighted by Gasteiger charge is 2.48. The average Bonchev–Trinajstić information content (AvgIpc) is 3.33. The maximum atomic E-state index is 14.3. The first-order chi connectivity index (χ1) is 32.9. The van der Waals surface area contributed by atoms with Gasteiger partial charge in [0.1, 0.15) is 43.5 Å². The van der Waals surface area contributed by atoms with Crippen LogP contribution in [0.2, 0.25) is 0 Å². The summed E-state index contributed by atoms with van der Waals surface area (Å²) in [5.74, 6) is -5.13. The van der Waals surface area contributed by atoms with Gasteiger partial charge in [-0.25, -0.2) is 0 Å². The molecule has 0 aromatic heterocycles. The van der Waals surface area contributed by atoms with Crippen LogP contribution in [0, 0.1) is 35.5 Å². The molecule has 69 heavy (non-hydrogen) atoms. The van der Waals surface area contributed by atoms with Crippen molar-refractivity contribution in [3.63, 3.8) is 0 Å². The lowest BCUT2D eigenvalue weighted by Crippen LogP contribution is -2.55. The molecule has 2 saturated heterocycles. The van der Waals surface area contributed by atoms with Gasteiger partial charge in [-0.15, -0.1) is 0 Å². The Kier molecular flexibility index (Phi) is 24.6. The first kappa shape index (κ1) is 58.6. The maximum Gasteiger partial charge on any atom is 0.323 e. The fourth-order valence-corrected chi connectivity index (χ4v) is 10.6. The standard InChI is InChI=1S/C54H87NO14/c1-34-16-12-11-13-17-35(2)46(63-8)30-42-21-19-40(7)54(62,69-42)49(58)32-66-33-55-23-15-14-18-43(55)53(61)68-47(37(4)28-41-20-22-45(67-25-24-56)48(29-41)64-9)31-44(57)36(3)27-39(6)51(60)52(65-10)50(59)38(5)26-34/h11-13,16-17,27,34,36-38,40-43,45-48,51-52,56,60,62H,14-15,18-26,28-33H2,1-10H3/b13-11+,16-12+,35-17?,39-27+/t34-,36-,37?,38-,40-,41+,42+,43+,45-,46+,47+,48-,51-,52+,54-/m1/s1. The molecule has 4 rings (SSSR count). The van der Waals surface area contributed by atoms with Gasteiger partial charge >= 0.3 is 5.97 Å². The zero-order valence-electron chi connectivity index (χ0n) is 43.3. The minimum Gasteiger partial charge on any atom is -0.460 e. The number of carbonyl (C=O) groups excluding carboxylic acids is 4. The molecule has 1 saturated carbocycles. The van der Waals surface area contributed by atoms with Crippen molar-refractivity contribution in [1.29, 1.82) is 0 Å². The van der Waals surface area contributed by atoms with Gasteiger partial charge in [-0.2, -0.15) is 0 Å². The molecule has 3 N–H and O–H groups in total. The van der Waals surface area contributed by atoms with Crippen molar-refractivity contribution in [2.24, 2.45) is 35.5 Å². The summed E-state index contributed by atoms with van der Waals surface area (Å²) < 4.78 is 41.7. The fourth-order valence-electron chi connectivity index (χ4n) is 10.6. The van der Waals surface area contributed by atoms with Crippen molar-refractivity contribution in [3.8, 4) is 0 Å². The molecule has 15 nitrogen and oxygen atoms in total. The summed E-state index contributed by atoms with van der Waals surface area (Å²) in [6, 6.07) is -0.686. The lowest BCUT2D eigenvalue weighted by Gasteiger charge is -2.41. The quantitative estimate of drug-likeness (QED) is 0.164. The summed E-state index contributed by atoms with van der Waals surface area (Å²) in [6.07, 6.45) is 14.2. The number of cyclic esters (lactones) is 1. The molecule has 2 bridgehead atoms. The van der Waals surface area contributed by atoms with Gasteiger partial charge in [0.2, 0.25) is 11.6 Å². The lowest BCUT2D eigenvalue weighted by molar-refractivity contribution is -0.268. The SMILES string of the molecule is CO[C@H]1C[C@@H]2CC[C@@H](C)[C@@](O)(O2)C(=O)COCN2CCCC[C@H]2C(=O)O[C@H](C(C)C[C@@H]2CC[C@@H](OCCO)[C@H](OC)C2)CC(=O)[C@H](C)/C=C(\C)[C@@H](O)[C@@H](OC)C(=O)[C@H](C)C[C@H](C)/C=C/C=C/C=C1C. The number of fused-ring (bicyclic) bond motifs is 3. The molecule has 15 heteroatoms. The fraction of sp³-hybridized carbons (Fsp3) is 0.778. The molecule has 0 radical (unpaired) electrons. The predicted molar refractivity (Wildman–Crippen MR) is 262 cm³/mol. The van der Waals surface area contributed by atoms with Gasteiger partial charge in [0.05, 0.1) is 37.6 Å². The number of carbonyl (C=O) groups is 4. The highest BCUT2D eigenvalue weighted by Crippen LogP contribution is 2.37. The maximum absolute atomic E-state index is 14.3. The number of Topliss-reactive ketones (excluding diaryl/α,β-unsaturated/α-hetero) is 3. The van der Waals surface area contributed by atoms with E-state index in [9.17, 15) is 34.5 Å². The number of hydrogen-bond donors (Lipinski definition) is 3. The number of rotatable bonds is 9. The number of nitrogens with zero attached hydrogens (tertiary/aromatic N) is 1. The minimum atomic E-state index is -2.06. The van der Waals surface area contributed by atoms with Crippen LogP contribution < -0.4 is 0 Å². The van der Waals surface area contributed by atoms with Crippen LogP contribution >= 0.6 is 0 Å². The van der Waals surface area contributed by atoms with Crippen molar-refractivity contribution in [2.75, 3.05) is 54.4 Å². The van der Waals surface area contributed by atoms with Crippen molar-refractivity contribution >= 4 is 23.3 Å². The molecule has 0 spiro atoms. The van der Waals surface area contributed by atoms with Gasteiger partial charge < -0.3 is 48.5 Å². The third-order valence-electron chi connectivity index (χ3n) is 15.1. The third kappa shape index (κ3) is 17.1. The van der Waals surface area contributed by atoms with E-state index in [4.69, 9.17) is 33.2 Å².